The molecule has 0 aliphatic carbocycles. The molecular formula is C14H26N4O2. The fourth-order valence-electron chi connectivity index (χ4n) is 1.64. The Balaban J connectivity index is 2.20. The van der Waals surface area contributed by atoms with E-state index in [0.717, 1.165) is 19.4 Å². The molecule has 0 saturated carbocycles. The maximum absolute atomic E-state index is 11.6. The van der Waals surface area contributed by atoms with Crippen LogP contribution in [-0.2, 0) is 16.6 Å². The van der Waals surface area contributed by atoms with Crippen molar-refractivity contribution in [3.8, 4) is 0 Å². The van der Waals surface area contributed by atoms with Crippen molar-refractivity contribution in [2.24, 2.45) is 0 Å². The summed E-state index contributed by atoms with van der Waals surface area (Å²) in [6, 6.07) is 0. The van der Waals surface area contributed by atoms with Gasteiger partial charge < -0.3 is 15.2 Å². The minimum absolute atomic E-state index is 0.0802. The van der Waals surface area contributed by atoms with E-state index in [1.165, 1.54) is 0 Å². The van der Waals surface area contributed by atoms with Crippen molar-refractivity contribution in [3.05, 3.63) is 11.7 Å². The molecule has 6 nitrogen and oxygen atoms in total. The average Bonchev–Trinajstić information content (AvgIpc) is 2.83. The van der Waals surface area contributed by atoms with E-state index in [4.69, 9.17) is 4.52 Å². The van der Waals surface area contributed by atoms with E-state index in [0.29, 0.717) is 31.1 Å². The van der Waals surface area contributed by atoms with Crippen LogP contribution in [0.2, 0.25) is 0 Å². The molecule has 0 unspecified atom stereocenters. The number of carbonyl (C=O) groups excluding carboxylic acids is 1. The van der Waals surface area contributed by atoms with Crippen LogP contribution in [0.25, 0.3) is 0 Å². The molecule has 1 aromatic heterocycles. The fraction of sp³-hybridized carbons (Fsp3) is 0.786. The van der Waals surface area contributed by atoms with Gasteiger partial charge in [0.25, 0.3) is 0 Å². The second-order valence-corrected chi connectivity index (χ2v) is 5.92. The topological polar surface area (TPSA) is 80.0 Å². The molecule has 1 rings (SSSR count). The van der Waals surface area contributed by atoms with Crippen molar-refractivity contribution in [2.75, 3.05) is 20.1 Å². The van der Waals surface area contributed by atoms with Crippen molar-refractivity contribution >= 4 is 5.91 Å². The average molecular weight is 282 g/mol. The van der Waals surface area contributed by atoms with Gasteiger partial charge in [-0.05, 0) is 26.4 Å². The summed E-state index contributed by atoms with van der Waals surface area (Å²) in [6.07, 6.45) is 2.81. The highest BCUT2D eigenvalue weighted by Crippen LogP contribution is 2.18. The van der Waals surface area contributed by atoms with Crippen molar-refractivity contribution in [3.63, 3.8) is 0 Å². The standard InChI is InChI=1S/C14H26N4O2/c1-14(2,3)13-17-12(20-18-13)8-5-7-11(19)16-10-6-9-15-4/h15H,5-10H2,1-4H3,(H,16,19). The summed E-state index contributed by atoms with van der Waals surface area (Å²) < 4.78 is 5.18. The van der Waals surface area contributed by atoms with E-state index >= 15 is 0 Å². The van der Waals surface area contributed by atoms with E-state index in [1.54, 1.807) is 0 Å². The lowest BCUT2D eigenvalue weighted by atomic mass is 9.96. The van der Waals surface area contributed by atoms with Crippen LogP contribution >= 0.6 is 0 Å². The lowest BCUT2D eigenvalue weighted by molar-refractivity contribution is -0.121. The Bertz CT molecular complexity index is 410. The van der Waals surface area contributed by atoms with Crippen LogP contribution < -0.4 is 10.6 Å². The zero-order valence-corrected chi connectivity index (χ0v) is 13.0. The minimum atomic E-state index is -0.105. The van der Waals surface area contributed by atoms with Gasteiger partial charge in [0, 0.05) is 24.8 Å². The molecule has 20 heavy (non-hydrogen) atoms. The first-order chi connectivity index (χ1) is 9.43. The summed E-state index contributed by atoms with van der Waals surface area (Å²) in [5, 5.41) is 9.89. The van der Waals surface area contributed by atoms with Crippen LogP contribution in [0.5, 0.6) is 0 Å². The summed E-state index contributed by atoms with van der Waals surface area (Å²) in [5.41, 5.74) is -0.105. The summed E-state index contributed by atoms with van der Waals surface area (Å²) >= 11 is 0. The molecule has 0 bridgehead atoms. The van der Waals surface area contributed by atoms with E-state index in [-0.39, 0.29) is 11.3 Å². The maximum Gasteiger partial charge on any atom is 0.226 e. The van der Waals surface area contributed by atoms with Crippen LogP contribution in [0.4, 0.5) is 0 Å². The molecule has 0 radical (unpaired) electrons. The predicted octanol–water partition coefficient (Wildman–Crippen LogP) is 1.42. The summed E-state index contributed by atoms with van der Waals surface area (Å²) in [4.78, 5) is 15.9. The van der Waals surface area contributed by atoms with Gasteiger partial charge >= 0.3 is 0 Å². The lowest BCUT2D eigenvalue weighted by Gasteiger charge is -2.10. The number of aryl methyl sites for hydroxylation is 1. The third-order valence-electron chi connectivity index (χ3n) is 2.86. The third-order valence-corrected chi connectivity index (χ3v) is 2.86. The SMILES string of the molecule is CNCCCNC(=O)CCCc1nc(C(C)(C)C)no1. The Labute approximate surface area is 120 Å². The number of carbonyl (C=O) groups is 1. The van der Waals surface area contributed by atoms with Gasteiger partial charge in [0.15, 0.2) is 5.82 Å². The number of nitrogens with zero attached hydrogens (tertiary/aromatic N) is 2. The number of nitrogens with one attached hydrogen (secondary N) is 2. The minimum Gasteiger partial charge on any atom is -0.356 e. The van der Waals surface area contributed by atoms with Crippen molar-refractivity contribution in [2.45, 2.75) is 51.9 Å². The van der Waals surface area contributed by atoms with Crippen molar-refractivity contribution < 1.29 is 9.32 Å². The van der Waals surface area contributed by atoms with E-state index in [1.807, 2.05) is 27.8 Å². The molecule has 0 fully saturated rings. The number of hydrogen-bond acceptors (Lipinski definition) is 5. The highest BCUT2D eigenvalue weighted by Gasteiger charge is 2.20. The quantitative estimate of drug-likeness (QED) is 0.705. The van der Waals surface area contributed by atoms with Crippen LogP contribution in [0, 0.1) is 0 Å². The second-order valence-electron chi connectivity index (χ2n) is 5.92. The Morgan fingerprint density at radius 2 is 2.00 bits per heavy atom. The lowest BCUT2D eigenvalue weighted by Crippen LogP contribution is -2.26. The molecule has 0 aromatic carbocycles. The molecule has 1 amide bonds. The van der Waals surface area contributed by atoms with E-state index in [9.17, 15) is 4.79 Å². The Kier molecular flexibility index (Phi) is 6.64. The molecule has 0 spiro atoms. The van der Waals surface area contributed by atoms with E-state index < -0.39 is 0 Å². The number of amides is 1. The van der Waals surface area contributed by atoms with Gasteiger partial charge in [0.05, 0.1) is 0 Å². The van der Waals surface area contributed by atoms with Crippen LogP contribution in [0.1, 0.15) is 51.7 Å². The van der Waals surface area contributed by atoms with Crippen LogP contribution in [-0.4, -0.2) is 36.2 Å². The van der Waals surface area contributed by atoms with Gasteiger partial charge in [0.2, 0.25) is 11.8 Å². The molecular weight excluding hydrogens is 256 g/mol. The fourth-order valence-corrected chi connectivity index (χ4v) is 1.64. The Hall–Kier alpha value is -1.43. The number of rotatable bonds is 8. The molecule has 2 N–H and O–H groups in total. The van der Waals surface area contributed by atoms with Gasteiger partial charge in [-0.25, -0.2) is 0 Å². The first-order valence-electron chi connectivity index (χ1n) is 7.18. The largest absolute Gasteiger partial charge is 0.356 e. The molecule has 0 saturated heterocycles. The normalized spacial score (nSPS) is 11.6. The van der Waals surface area contributed by atoms with Crippen molar-refractivity contribution in [1.82, 2.24) is 20.8 Å². The van der Waals surface area contributed by atoms with Gasteiger partial charge in [-0.3, -0.25) is 4.79 Å². The molecule has 0 aliphatic rings. The zero-order valence-electron chi connectivity index (χ0n) is 13.0. The number of aromatic nitrogens is 2. The van der Waals surface area contributed by atoms with Gasteiger partial charge in [-0.15, -0.1) is 0 Å². The highest BCUT2D eigenvalue weighted by molar-refractivity contribution is 5.75. The molecule has 114 valence electrons. The Morgan fingerprint density at radius 1 is 1.25 bits per heavy atom. The first kappa shape index (κ1) is 16.6. The van der Waals surface area contributed by atoms with E-state index in [2.05, 4.69) is 20.8 Å². The van der Waals surface area contributed by atoms with Gasteiger partial charge in [-0.1, -0.05) is 25.9 Å². The monoisotopic (exact) mass is 282 g/mol. The Morgan fingerprint density at radius 3 is 2.60 bits per heavy atom. The molecule has 1 aromatic rings. The molecule has 0 atom stereocenters. The van der Waals surface area contributed by atoms with Gasteiger partial charge in [-0.2, -0.15) is 4.98 Å². The third kappa shape index (κ3) is 6.14. The summed E-state index contributed by atoms with van der Waals surface area (Å²) in [5.74, 6) is 1.40. The highest BCUT2D eigenvalue weighted by atomic mass is 16.5. The summed E-state index contributed by atoms with van der Waals surface area (Å²) in [6.45, 7) is 7.76. The van der Waals surface area contributed by atoms with Gasteiger partial charge in [0.1, 0.15) is 0 Å². The first-order valence-corrected chi connectivity index (χ1v) is 7.18. The van der Waals surface area contributed by atoms with Crippen LogP contribution in [0.15, 0.2) is 4.52 Å². The molecule has 0 aliphatic heterocycles. The smallest absolute Gasteiger partial charge is 0.226 e. The zero-order chi connectivity index (χ0) is 15.0. The maximum atomic E-state index is 11.6. The molecule has 1 heterocycles. The van der Waals surface area contributed by atoms with Crippen molar-refractivity contribution in [1.29, 1.82) is 0 Å². The molecule has 6 heteroatoms. The second kappa shape index (κ2) is 7.99. The number of hydrogen-bond donors (Lipinski definition) is 2. The predicted molar refractivity (Wildman–Crippen MR) is 77.5 cm³/mol. The summed E-state index contributed by atoms with van der Waals surface area (Å²) in [7, 11) is 1.90. The van der Waals surface area contributed by atoms with Crippen LogP contribution in [0.3, 0.4) is 0 Å².